The lowest BCUT2D eigenvalue weighted by molar-refractivity contribution is 0.0927. The number of aromatic nitrogens is 2. The molecule has 0 saturated heterocycles. The van der Waals surface area contributed by atoms with Crippen LogP contribution >= 0.6 is 0 Å². The van der Waals surface area contributed by atoms with E-state index in [9.17, 15) is 4.79 Å². The van der Waals surface area contributed by atoms with E-state index in [-0.39, 0.29) is 5.91 Å². The normalized spacial score (nSPS) is 13.9. The number of hydrogen-bond donors (Lipinski definition) is 1. The molecule has 0 spiro atoms. The van der Waals surface area contributed by atoms with E-state index in [1.54, 1.807) is 63.1 Å². The van der Waals surface area contributed by atoms with Crippen molar-refractivity contribution >= 4 is 16.8 Å². The van der Waals surface area contributed by atoms with E-state index in [0.717, 1.165) is 29.3 Å². The smallest absolute Gasteiger partial charge is 0.255 e. The number of benzene rings is 2. The molecule has 33 heavy (non-hydrogen) atoms. The van der Waals surface area contributed by atoms with E-state index in [4.69, 9.17) is 14.2 Å². The highest BCUT2D eigenvalue weighted by Gasteiger charge is 2.47. The highest BCUT2D eigenvalue weighted by atomic mass is 16.5. The summed E-state index contributed by atoms with van der Waals surface area (Å²) in [5.74, 6) is 2.12. The predicted molar refractivity (Wildman–Crippen MR) is 124 cm³/mol. The molecule has 2 aromatic carbocycles. The topological polar surface area (TPSA) is 82.6 Å². The van der Waals surface area contributed by atoms with Crippen molar-refractivity contribution in [3.8, 4) is 23.0 Å². The second-order valence-corrected chi connectivity index (χ2v) is 7.93. The molecule has 0 unspecified atom stereocenters. The first-order chi connectivity index (χ1) is 16.1. The minimum Gasteiger partial charge on any atom is -0.497 e. The van der Waals surface area contributed by atoms with Gasteiger partial charge in [0.25, 0.3) is 5.91 Å². The number of carbonyl (C=O) groups excluding carboxylic acids is 1. The number of nitrogens with one attached hydrogen (secondary N) is 1. The number of fused-ring (bicyclic) bond motifs is 1. The van der Waals surface area contributed by atoms with Crippen molar-refractivity contribution < 1.29 is 19.0 Å². The Bertz CT molecular complexity index is 1320. The van der Waals surface area contributed by atoms with Crippen molar-refractivity contribution in [2.24, 2.45) is 0 Å². The molecule has 4 aromatic rings. The van der Waals surface area contributed by atoms with Gasteiger partial charge in [-0.25, -0.2) is 0 Å². The van der Waals surface area contributed by atoms with Crippen LogP contribution in [0.25, 0.3) is 10.9 Å². The van der Waals surface area contributed by atoms with Gasteiger partial charge in [-0.3, -0.25) is 14.8 Å². The lowest BCUT2D eigenvalue weighted by Crippen LogP contribution is -2.35. The van der Waals surface area contributed by atoms with Crippen molar-refractivity contribution in [3.05, 3.63) is 84.3 Å². The third-order valence-electron chi connectivity index (χ3n) is 5.85. The van der Waals surface area contributed by atoms with E-state index in [0.29, 0.717) is 28.6 Å². The van der Waals surface area contributed by atoms with Gasteiger partial charge < -0.3 is 19.5 Å². The molecule has 2 aromatic heterocycles. The van der Waals surface area contributed by atoms with Crippen LogP contribution in [0.4, 0.5) is 0 Å². The lowest BCUT2D eigenvalue weighted by atomic mass is 9.98. The highest BCUT2D eigenvalue weighted by Crippen LogP contribution is 2.49. The molecule has 0 radical (unpaired) electrons. The number of ether oxygens (including phenoxy) is 3. The number of rotatable bonds is 7. The summed E-state index contributed by atoms with van der Waals surface area (Å²) in [4.78, 5) is 21.9. The van der Waals surface area contributed by atoms with Gasteiger partial charge in [0.15, 0.2) is 0 Å². The van der Waals surface area contributed by atoms with Crippen LogP contribution in [0.5, 0.6) is 23.0 Å². The quantitative estimate of drug-likeness (QED) is 0.441. The minimum absolute atomic E-state index is 0.232. The summed E-state index contributed by atoms with van der Waals surface area (Å²) in [6, 6.07) is 16.5. The molecule has 1 N–H and O–H groups in total. The van der Waals surface area contributed by atoms with Crippen LogP contribution in [-0.2, 0) is 5.54 Å². The van der Waals surface area contributed by atoms with E-state index < -0.39 is 5.54 Å². The first kappa shape index (κ1) is 20.8. The molecule has 1 saturated carbocycles. The number of methoxy groups -OCH3 is 2. The molecular formula is C26H23N3O4. The fourth-order valence-electron chi connectivity index (χ4n) is 4.01. The molecule has 1 aliphatic carbocycles. The van der Waals surface area contributed by atoms with Crippen LogP contribution in [0.15, 0.2) is 73.2 Å². The molecule has 5 rings (SSSR count). The zero-order chi connectivity index (χ0) is 22.8. The molecule has 7 heteroatoms. The van der Waals surface area contributed by atoms with Gasteiger partial charge >= 0.3 is 0 Å². The lowest BCUT2D eigenvalue weighted by Gasteiger charge is -2.21. The molecule has 0 aliphatic heterocycles. The zero-order valence-electron chi connectivity index (χ0n) is 18.4. The van der Waals surface area contributed by atoms with Crippen LogP contribution < -0.4 is 19.5 Å². The Labute approximate surface area is 191 Å². The van der Waals surface area contributed by atoms with Gasteiger partial charge in [-0.1, -0.05) is 6.07 Å². The summed E-state index contributed by atoms with van der Waals surface area (Å²) in [6.07, 6.45) is 6.70. The summed E-state index contributed by atoms with van der Waals surface area (Å²) in [5.41, 5.74) is 1.75. The second-order valence-electron chi connectivity index (χ2n) is 7.93. The monoisotopic (exact) mass is 441 g/mol. The summed E-state index contributed by atoms with van der Waals surface area (Å²) >= 11 is 0. The summed E-state index contributed by atoms with van der Waals surface area (Å²) in [7, 11) is 3.18. The molecule has 1 aliphatic rings. The van der Waals surface area contributed by atoms with Crippen LogP contribution in [0.2, 0.25) is 0 Å². The molecule has 1 amide bonds. The third kappa shape index (κ3) is 4.05. The standard InChI is InChI=1S/C26H23N3O4/c1-31-19-15-22(20-4-3-11-28-23(20)16-19)26(9-10-26)29-25(30)21-14-18(5-6-24(21)32-2)33-17-7-12-27-13-8-17/h3-8,11-16H,9-10H2,1-2H3,(H,29,30). The maximum atomic E-state index is 13.4. The van der Waals surface area contributed by atoms with Crippen LogP contribution in [0, 0.1) is 0 Å². The van der Waals surface area contributed by atoms with Gasteiger partial charge in [0, 0.05) is 30.0 Å². The van der Waals surface area contributed by atoms with E-state index >= 15 is 0 Å². The average molecular weight is 441 g/mol. The SMILES string of the molecule is COc1cc(C2(NC(=O)c3cc(Oc4ccncc4)ccc3OC)CC2)c2cccnc2c1. The highest BCUT2D eigenvalue weighted by molar-refractivity contribution is 5.99. The zero-order valence-corrected chi connectivity index (χ0v) is 18.4. The maximum absolute atomic E-state index is 13.4. The van der Waals surface area contributed by atoms with E-state index in [1.165, 1.54) is 0 Å². The van der Waals surface area contributed by atoms with Gasteiger partial charge in [0.1, 0.15) is 23.0 Å². The summed E-state index contributed by atoms with van der Waals surface area (Å²) in [5, 5.41) is 4.24. The van der Waals surface area contributed by atoms with Crippen LogP contribution in [0.1, 0.15) is 28.8 Å². The fourth-order valence-corrected chi connectivity index (χ4v) is 4.01. The molecule has 7 nitrogen and oxygen atoms in total. The predicted octanol–water partition coefficient (Wildman–Crippen LogP) is 4.86. The molecular weight excluding hydrogens is 418 g/mol. The minimum atomic E-state index is -0.486. The number of nitrogens with zero attached hydrogens (tertiary/aromatic N) is 2. The molecule has 0 bridgehead atoms. The first-order valence-electron chi connectivity index (χ1n) is 10.6. The van der Waals surface area contributed by atoms with E-state index in [2.05, 4.69) is 15.3 Å². The van der Waals surface area contributed by atoms with Gasteiger partial charge in [-0.05, 0) is 60.9 Å². The van der Waals surface area contributed by atoms with Crippen LogP contribution in [0.3, 0.4) is 0 Å². The Morgan fingerprint density at radius 1 is 0.909 bits per heavy atom. The Morgan fingerprint density at radius 3 is 2.45 bits per heavy atom. The Kier molecular flexibility index (Phi) is 5.30. The maximum Gasteiger partial charge on any atom is 0.255 e. The molecule has 2 heterocycles. The Balaban J connectivity index is 1.47. The number of carbonyl (C=O) groups is 1. The first-order valence-corrected chi connectivity index (χ1v) is 10.6. The largest absolute Gasteiger partial charge is 0.497 e. The van der Waals surface area contributed by atoms with Crippen molar-refractivity contribution in [2.75, 3.05) is 14.2 Å². The molecule has 0 atom stereocenters. The average Bonchev–Trinajstić information content (AvgIpc) is 3.64. The second kappa shape index (κ2) is 8.43. The number of pyridine rings is 2. The van der Waals surface area contributed by atoms with Crippen molar-refractivity contribution in [2.45, 2.75) is 18.4 Å². The van der Waals surface area contributed by atoms with Gasteiger partial charge in [0.2, 0.25) is 0 Å². The summed E-state index contributed by atoms with van der Waals surface area (Å²) < 4.78 is 16.8. The van der Waals surface area contributed by atoms with Gasteiger partial charge in [-0.15, -0.1) is 0 Å². The number of amides is 1. The van der Waals surface area contributed by atoms with Crippen molar-refractivity contribution in [1.82, 2.24) is 15.3 Å². The Morgan fingerprint density at radius 2 is 1.73 bits per heavy atom. The fraction of sp³-hybridized carbons (Fsp3) is 0.192. The summed E-state index contributed by atoms with van der Waals surface area (Å²) in [6.45, 7) is 0. The van der Waals surface area contributed by atoms with Crippen LogP contribution in [-0.4, -0.2) is 30.1 Å². The Hall–Kier alpha value is -4.13. The van der Waals surface area contributed by atoms with Crippen molar-refractivity contribution in [1.29, 1.82) is 0 Å². The third-order valence-corrected chi connectivity index (χ3v) is 5.85. The number of hydrogen-bond acceptors (Lipinski definition) is 6. The van der Waals surface area contributed by atoms with Crippen molar-refractivity contribution in [3.63, 3.8) is 0 Å². The van der Waals surface area contributed by atoms with Gasteiger partial charge in [-0.2, -0.15) is 0 Å². The molecule has 1 fully saturated rings. The molecule has 166 valence electrons. The van der Waals surface area contributed by atoms with Gasteiger partial charge in [0.05, 0.1) is 30.8 Å². The van der Waals surface area contributed by atoms with E-state index in [1.807, 2.05) is 24.3 Å².